The zero-order chi connectivity index (χ0) is 13.9. The van der Waals surface area contributed by atoms with Gasteiger partial charge in [-0.25, -0.2) is 4.79 Å². The Morgan fingerprint density at radius 1 is 1.16 bits per heavy atom. The van der Waals surface area contributed by atoms with Crippen LogP contribution in [0.25, 0.3) is 5.57 Å². The summed E-state index contributed by atoms with van der Waals surface area (Å²) in [5.74, 6) is -1.82. The molecule has 1 unspecified atom stereocenters. The van der Waals surface area contributed by atoms with E-state index in [9.17, 15) is 9.90 Å². The van der Waals surface area contributed by atoms with Crippen LogP contribution in [0.3, 0.4) is 0 Å². The molecular formula is C16H20O3. The SMILES string of the molecule is CCCC1=C(c2ccccc2)C(=O)OC1(O)CCC. The first kappa shape index (κ1) is 13.8. The van der Waals surface area contributed by atoms with Crippen LogP contribution in [0.15, 0.2) is 35.9 Å². The number of rotatable bonds is 5. The van der Waals surface area contributed by atoms with Crippen LogP contribution in [0, 0.1) is 0 Å². The number of carbonyl (C=O) groups excluding carboxylic acids is 1. The Balaban J connectivity index is 2.51. The van der Waals surface area contributed by atoms with Crippen molar-refractivity contribution in [1.29, 1.82) is 0 Å². The van der Waals surface area contributed by atoms with Crippen molar-refractivity contribution in [3.05, 3.63) is 41.5 Å². The molecule has 0 aliphatic carbocycles. The van der Waals surface area contributed by atoms with Crippen molar-refractivity contribution in [2.75, 3.05) is 0 Å². The summed E-state index contributed by atoms with van der Waals surface area (Å²) >= 11 is 0. The van der Waals surface area contributed by atoms with Crippen LogP contribution >= 0.6 is 0 Å². The van der Waals surface area contributed by atoms with Gasteiger partial charge < -0.3 is 9.84 Å². The van der Waals surface area contributed by atoms with E-state index in [2.05, 4.69) is 0 Å². The minimum Gasteiger partial charge on any atom is -0.425 e. The minimum atomic E-state index is -1.41. The van der Waals surface area contributed by atoms with Crippen molar-refractivity contribution >= 4 is 11.5 Å². The number of cyclic esters (lactones) is 1. The summed E-state index contributed by atoms with van der Waals surface area (Å²) in [5, 5.41) is 10.6. The standard InChI is InChI=1S/C16H20O3/c1-3-8-13-14(12-9-6-5-7-10-12)15(17)19-16(13,18)11-4-2/h5-7,9-10,18H,3-4,8,11H2,1-2H3. The summed E-state index contributed by atoms with van der Waals surface area (Å²) in [6.07, 6.45) is 2.75. The molecule has 0 bridgehead atoms. The van der Waals surface area contributed by atoms with Gasteiger partial charge in [0.05, 0.1) is 5.57 Å². The maximum absolute atomic E-state index is 12.1. The van der Waals surface area contributed by atoms with Gasteiger partial charge in [0.25, 0.3) is 0 Å². The van der Waals surface area contributed by atoms with Gasteiger partial charge in [-0.2, -0.15) is 0 Å². The van der Waals surface area contributed by atoms with Crippen LogP contribution in [0.5, 0.6) is 0 Å². The lowest BCUT2D eigenvalue weighted by molar-refractivity contribution is -0.183. The summed E-state index contributed by atoms with van der Waals surface area (Å²) in [6, 6.07) is 9.43. The first-order valence-electron chi connectivity index (χ1n) is 6.87. The molecular weight excluding hydrogens is 240 g/mol. The molecule has 1 heterocycles. The lowest BCUT2D eigenvalue weighted by atomic mass is 9.91. The van der Waals surface area contributed by atoms with Crippen LogP contribution in [-0.4, -0.2) is 16.9 Å². The second-order valence-electron chi connectivity index (χ2n) is 4.89. The quantitative estimate of drug-likeness (QED) is 0.826. The van der Waals surface area contributed by atoms with Crippen LogP contribution < -0.4 is 0 Å². The highest BCUT2D eigenvalue weighted by Gasteiger charge is 2.45. The van der Waals surface area contributed by atoms with Gasteiger partial charge >= 0.3 is 5.97 Å². The fourth-order valence-electron chi connectivity index (χ4n) is 2.59. The summed E-state index contributed by atoms with van der Waals surface area (Å²) in [4.78, 5) is 12.1. The molecule has 0 saturated carbocycles. The number of ether oxygens (including phenoxy) is 1. The molecule has 1 atom stereocenters. The monoisotopic (exact) mass is 260 g/mol. The molecule has 1 aromatic carbocycles. The Bertz CT molecular complexity index is 490. The van der Waals surface area contributed by atoms with Crippen molar-refractivity contribution < 1.29 is 14.6 Å². The Hall–Kier alpha value is -1.61. The molecule has 0 spiro atoms. The number of benzene rings is 1. The predicted molar refractivity (Wildman–Crippen MR) is 74.2 cm³/mol. The van der Waals surface area contributed by atoms with Gasteiger partial charge in [0, 0.05) is 12.0 Å². The Morgan fingerprint density at radius 3 is 2.42 bits per heavy atom. The summed E-state index contributed by atoms with van der Waals surface area (Å²) < 4.78 is 5.26. The van der Waals surface area contributed by atoms with Crippen molar-refractivity contribution in [3.63, 3.8) is 0 Å². The number of hydrogen-bond donors (Lipinski definition) is 1. The lowest BCUT2D eigenvalue weighted by Gasteiger charge is -2.24. The maximum atomic E-state index is 12.1. The van der Waals surface area contributed by atoms with Gasteiger partial charge in [-0.15, -0.1) is 0 Å². The zero-order valence-corrected chi connectivity index (χ0v) is 11.5. The van der Waals surface area contributed by atoms with Crippen molar-refractivity contribution in [1.82, 2.24) is 0 Å². The average molecular weight is 260 g/mol. The molecule has 1 aliphatic rings. The number of esters is 1. The Morgan fingerprint density at radius 2 is 1.84 bits per heavy atom. The van der Waals surface area contributed by atoms with E-state index in [-0.39, 0.29) is 0 Å². The molecule has 0 radical (unpaired) electrons. The van der Waals surface area contributed by atoms with E-state index < -0.39 is 11.8 Å². The predicted octanol–water partition coefficient (Wildman–Crippen LogP) is 3.29. The van der Waals surface area contributed by atoms with Gasteiger partial charge in [0.1, 0.15) is 0 Å². The van der Waals surface area contributed by atoms with E-state index in [1.54, 1.807) is 0 Å². The molecule has 0 saturated heterocycles. The molecule has 102 valence electrons. The molecule has 1 aliphatic heterocycles. The molecule has 0 amide bonds. The lowest BCUT2D eigenvalue weighted by Crippen LogP contribution is -2.31. The zero-order valence-electron chi connectivity index (χ0n) is 11.5. The van der Waals surface area contributed by atoms with Crippen molar-refractivity contribution in [2.24, 2.45) is 0 Å². The summed E-state index contributed by atoms with van der Waals surface area (Å²) in [6.45, 7) is 4.00. The first-order chi connectivity index (χ1) is 9.12. The highest BCUT2D eigenvalue weighted by molar-refractivity contribution is 6.20. The van der Waals surface area contributed by atoms with Gasteiger partial charge in [0.2, 0.25) is 5.79 Å². The molecule has 19 heavy (non-hydrogen) atoms. The van der Waals surface area contributed by atoms with Crippen molar-refractivity contribution in [3.8, 4) is 0 Å². The van der Waals surface area contributed by atoms with E-state index in [0.29, 0.717) is 18.4 Å². The van der Waals surface area contributed by atoms with Gasteiger partial charge in [-0.3, -0.25) is 0 Å². The van der Waals surface area contributed by atoms with E-state index in [1.165, 1.54) is 0 Å². The average Bonchev–Trinajstić information content (AvgIpc) is 2.63. The third-order valence-electron chi connectivity index (χ3n) is 3.39. The first-order valence-corrected chi connectivity index (χ1v) is 6.87. The fraction of sp³-hybridized carbons (Fsp3) is 0.438. The highest BCUT2D eigenvalue weighted by atomic mass is 16.7. The Labute approximate surface area is 113 Å². The molecule has 0 aromatic heterocycles. The fourth-order valence-corrected chi connectivity index (χ4v) is 2.59. The Kier molecular flexibility index (Phi) is 4.05. The van der Waals surface area contributed by atoms with E-state index in [4.69, 9.17) is 4.74 Å². The van der Waals surface area contributed by atoms with Crippen molar-refractivity contribution in [2.45, 2.75) is 45.3 Å². The van der Waals surface area contributed by atoms with Gasteiger partial charge in [0.15, 0.2) is 0 Å². The molecule has 0 fully saturated rings. The summed E-state index contributed by atoms with van der Waals surface area (Å²) in [5.41, 5.74) is 2.09. The summed E-state index contributed by atoms with van der Waals surface area (Å²) in [7, 11) is 0. The molecule has 3 nitrogen and oxygen atoms in total. The maximum Gasteiger partial charge on any atom is 0.341 e. The topological polar surface area (TPSA) is 46.5 Å². The van der Waals surface area contributed by atoms with Crippen LogP contribution in [-0.2, 0) is 9.53 Å². The van der Waals surface area contributed by atoms with Crippen LogP contribution in [0.1, 0.15) is 45.1 Å². The van der Waals surface area contributed by atoms with Gasteiger partial charge in [-0.05, 0) is 18.4 Å². The van der Waals surface area contributed by atoms with E-state index in [1.807, 2.05) is 44.2 Å². The second-order valence-corrected chi connectivity index (χ2v) is 4.89. The smallest absolute Gasteiger partial charge is 0.341 e. The third kappa shape index (κ3) is 2.56. The van der Waals surface area contributed by atoms with Gasteiger partial charge in [-0.1, -0.05) is 50.6 Å². The molecule has 3 heteroatoms. The minimum absolute atomic E-state index is 0.411. The van der Waals surface area contributed by atoms with E-state index >= 15 is 0 Å². The normalized spacial score (nSPS) is 22.8. The number of carbonyl (C=O) groups is 1. The largest absolute Gasteiger partial charge is 0.425 e. The van der Waals surface area contributed by atoms with E-state index in [0.717, 1.165) is 24.0 Å². The van der Waals surface area contributed by atoms with Crippen LogP contribution in [0.2, 0.25) is 0 Å². The highest BCUT2D eigenvalue weighted by Crippen LogP contribution is 2.41. The molecule has 1 aromatic rings. The number of hydrogen-bond acceptors (Lipinski definition) is 3. The second kappa shape index (κ2) is 5.57. The molecule has 2 rings (SSSR count). The third-order valence-corrected chi connectivity index (χ3v) is 3.39. The van der Waals surface area contributed by atoms with Crippen LogP contribution in [0.4, 0.5) is 0 Å². The number of aliphatic hydroxyl groups is 1. The molecule has 1 N–H and O–H groups in total.